The summed E-state index contributed by atoms with van der Waals surface area (Å²) in [5, 5.41) is 8.34. The van der Waals surface area contributed by atoms with Gasteiger partial charge < -0.3 is 4.57 Å². The fraction of sp³-hybridized carbons (Fsp3) is 0.0714. The molecule has 0 amide bonds. The van der Waals surface area contributed by atoms with Gasteiger partial charge in [0.1, 0.15) is 12.2 Å². The summed E-state index contributed by atoms with van der Waals surface area (Å²) in [6.45, 7) is 0.641. The number of nitrogens with zero attached hydrogens (tertiary/aromatic N) is 5. The first-order chi connectivity index (χ1) is 9.40. The number of hydrogen-bond acceptors (Lipinski definition) is 3. The van der Waals surface area contributed by atoms with E-state index in [0.29, 0.717) is 6.67 Å². The van der Waals surface area contributed by atoms with Crippen LogP contribution in [0.25, 0.3) is 22.3 Å². The van der Waals surface area contributed by atoms with Gasteiger partial charge in [0.25, 0.3) is 0 Å². The molecule has 5 nitrogen and oxygen atoms in total. The van der Waals surface area contributed by atoms with Gasteiger partial charge in [-0.25, -0.2) is 4.68 Å². The third kappa shape index (κ3) is 1.67. The van der Waals surface area contributed by atoms with Crippen molar-refractivity contribution in [2.24, 2.45) is 0 Å². The Kier molecular flexibility index (Phi) is 2.11. The number of fused-ring (bicyclic) bond motifs is 2. The minimum absolute atomic E-state index is 0.641. The molecule has 1 aromatic heterocycles. The first kappa shape index (κ1) is 10.3. The molecule has 2 aliphatic rings. The van der Waals surface area contributed by atoms with Gasteiger partial charge in [0.15, 0.2) is 0 Å². The third-order valence-corrected chi connectivity index (χ3v) is 3.21. The molecule has 0 radical (unpaired) electrons. The van der Waals surface area contributed by atoms with E-state index in [-0.39, 0.29) is 0 Å². The van der Waals surface area contributed by atoms with Crippen molar-refractivity contribution in [1.82, 2.24) is 24.5 Å². The Morgan fingerprint density at radius 3 is 3.00 bits per heavy atom. The van der Waals surface area contributed by atoms with E-state index in [4.69, 9.17) is 0 Å². The van der Waals surface area contributed by atoms with E-state index in [1.165, 1.54) is 0 Å². The molecule has 2 aromatic rings. The minimum Gasteiger partial charge on any atom is -0.334 e. The highest BCUT2D eigenvalue weighted by atomic mass is 15.5. The summed E-state index contributed by atoms with van der Waals surface area (Å²) in [4.78, 5) is 4.26. The first-order valence-electron chi connectivity index (χ1n) is 6.09. The van der Waals surface area contributed by atoms with Gasteiger partial charge in [-0.3, -0.25) is 4.98 Å². The second-order valence-corrected chi connectivity index (χ2v) is 4.46. The lowest BCUT2D eigenvalue weighted by Gasteiger charge is -2.09. The zero-order chi connectivity index (χ0) is 12.7. The normalized spacial score (nSPS) is 11.4. The molecule has 0 saturated carbocycles. The molecule has 3 heterocycles. The van der Waals surface area contributed by atoms with Crippen LogP contribution in [0.1, 0.15) is 0 Å². The van der Waals surface area contributed by atoms with E-state index in [2.05, 4.69) is 26.1 Å². The van der Waals surface area contributed by atoms with Crippen molar-refractivity contribution in [2.45, 2.75) is 6.67 Å². The van der Waals surface area contributed by atoms with Crippen LogP contribution in [0.5, 0.6) is 0 Å². The summed E-state index contributed by atoms with van der Waals surface area (Å²) in [6, 6.07) is 12.0. The summed E-state index contributed by atoms with van der Waals surface area (Å²) in [6.07, 6.45) is 5.89. The Bertz CT molecular complexity index is 813. The Morgan fingerprint density at radius 1 is 1.05 bits per heavy atom. The fourth-order valence-corrected chi connectivity index (χ4v) is 2.26. The van der Waals surface area contributed by atoms with E-state index >= 15 is 0 Å². The van der Waals surface area contributed by atoms with Crippen molar-refractivity contribution in [3.63, 3.8) is 0 Å². The molecule has 1 aromatic carbocycles. The van der Waals surface area contributed by atoms with Gasteiger partial charge in [-0.2, -0.15) is 0 Å². The Morgan fingerprint density at radius 2 is 2.00 bits per heavy atom. The number of benzene rings is 1. The van der Waals surface area contributed by atoms with E-state index in [1.54, 1.807) is 0 Å². The summed E-state index contributed by atoms with van der Waals surface area (Å²) >= 11 is 0. The van der Waals surface area contributed by atoms with Crippen LogP contribution in [-0.2, 0) is 6.67 Å². The SMILES string of the molecule is c1ccc2c(c1)nnn2Cn1ccc2nccc-2c1. The smallest absolute Gasteiger partial charge is 0.118 e. The molecule has 0 N–H and O–H groups in total. The van der Waals surface area contributed by atoms with Gasteiger partial charge in [0.2, 0.25) is 0 Å². The summed E-state index contributed by atoms with van der Waals surface area (Å²) < 4.78 is 3.96. The van der Waals surface area contributed by atoms with Gasteiger partial charge in [0.05, 0.1) is 11.2 Å². The summed E-state index contributed by atoms with van der Waals surface area (Å²) in [7, 11) is 0. The highest BCUT2D eigenvalue weighted by Gasteiger charge is 2.06. The number of pyridine rings is 1. The monoisotopic (exact) mass is 249 g/mol. The maximum Gasteiger partial charge on any atom is 0.118 e. The molecule has 0 atom stereocenters. The van der Waals surface area contributed by atoms with E-state index in [0.717, 1.165) is 22.3 Å². The van der Waals surface area contributed by atoms with Crippen LogP contribution in [0.3, 0.4) is 0 Å². The molecular formula is C14H11N5. The van der Waals surface area contributed by atoms with Gasteiger partial charge in [-0.15, -0.1) is 5.10 Å². The van der Waals surface area contributed by atoms with Gasteiger partial charge in [0, 0.05) is 24.2 Å². The number of rotatable bonds is 2. The number of para-hydroxylation sites is 1. The maximum absolute atomic E-state index is 4.26. The van der Waals surface area contributed by atoms with Crippen LogP contribution in [0.15, 0.2) is 55.0 Å². The molecule has 5 heteroatoms. The second-order valence-electron chi connectivity index (χ2n) is 4.46. The summed E-state index contributed by atoms with van der Waals surface area (Å²) in [5.74, 6) is 0. The highest BCUT2D eigenvalue weighted by molar-refractivity contribution is 5.73. The van der Waals surface area contributed by atoms with Gasteiger partial charge in [-0.1, -0.05) is 17.3 Å². The summed E-state index contributed by atoms with van der Waals surface area (Å²) in [5.41, 5.74) is 4.10. The molecule has 92 valence electrons. The minimum atomic E-state index is 0.641. The van der Waals surface area contributed by atoms with Crippen molar-refractivity contribution < 1.29 is 0 Å². The van der Waals surface area contributed by atoms with Crippen LogP contribution >= 0.6 is 0 Å². The van der Waals surface area contributed by atoms with Crippen LogP contribution in [-0.4, -0.2) is 24.5 Å². The Labute approximate surface area is 109 Å². The molecule has 19 heavy (non-hydrogen) atoms. The average molecular weight is 249 g/mol. The van der Waals surface area contributed by atoms with Crippen LogP contribution in [0.4, 0.5) is 0 Å². The van der Waals surface area contributed by atoms with Crippen molar-refractivity contribution >= 4 is 11.0 Å². The molecule has 0 unspecified atom stereocenters. The average Bonchev–Trinajstić information content (AvgIpc) is 3.06. The molecular weight excluding hydrogens is 238 g/mol. The lowest BCUT2D eigenvalue weighted by Crippen LogP contribution is -2.09. The zero-order valence-electron chi connectivity index (χ0n) is 10.1. The predicted octanol–water partition coefficient (Wildman–Crippen LogP) is 2.24. The Balaban J connectivity index is 1.76. The van der Waals surface area contributed by atoms with Crippen LogP contribution in [0.2, 0.25) is 0 Å². The maximum atomic E-state index is 4.26. The number of aromatic nitrogens is 5. The highest BCUT2D eigenvalue weighted by Crippen LogP contribution is 2.18. The number of hydrogen-bond donors (Lipinski definition) is 0. The first-order valence-corrected chi connectivity index (χ1v) is 6.09. The van der Waals surface area contributed by atoms with E-state index in [9.17, 15) is 0 Å². The van der Waals surface area contributed by atoms with Crippen LogP contribution < -0.4 is 0 Å². The van der Waals surface area contributed by atoms with Crippen LogP contribution in [0, 0.1) is 0 Å². The fourth-order valence-electron chi connectivity index (χ4n) is 2.26. The van der Waals surface area contributed by atoms with Crippen molar-refractivity contribution in [2.75, 3.05) is 0 Å². The lowest BCUT2D eigenvalue weighted by molar-refractivity contribution is 0.543. The largest absolute Gasteiger partial charge is 0.334 e. The van der Waals surface area contributed by atoms with Gasteiger partial charge >= 0.3 is 0 Å². The quantitative estimate of drug-likeness (QED) is 0.547. The van der Waals surface area contributed by atoms with Crippen molar-refractivity contribution in [1.29, 1.82) is 0 Å². The van der Waals surface area contributed by atoms with Crippen molar-refractivity contribution in [3.05, 3.63) is 55.0 Å². The second kappa shape index (κ2) is 3.91. The van der Waals surface area contributed by atoms with Crippen molar-refractivity contribution in [3.8, 4) is 11.3 Å². The molecule has 0 aliphatic carbocycles. The zero-order valence-corrected chi connectivity index (χ0v) is 10.1. The molecule has 4 rings (SSSR count). The molecule has 0 fully saturated rings. The standard InChI is InChI=1S/C14H11N5/c1-2-4-14-13(3-1)16-17-19(14)10-18-8-6-12-11(9-18)5-7-15-12/h1-9H,10H2. The van der Waals surface area contributed by atoms with Gasteiger partial charge in [-0.05, 0) is 24.3 Å². The van der Waals surface area contributed by atoms with E-state index < -0.39 is 0 Å². The topological polar surface area (TPSA) is 48.5 Å². The Hall–Kier alpha value is -2.69. The molecule has 0 saturated heterocycles. The predicted molar refractivity (Wildman–Crippen MR) is 71.8 cm³/mol. The van der Waals surface area contributed by atoms with E-state index in [1.807, 2.05) is 53.5 Å². The molecule has 0 spiro atoms. The third-order valence-electron chi connectivity index (χ3n) is 3.21. The molecule has 2 aliphatic heterocycles. The lowest BCUT2D eigenvalue weighted by atomic mass is 10.2. The molecule has 0 bridgehead atoms.